The highest BCUT2D eigenvalue weighted by molar-refractivity contribution is 7.90. The van der Waals surface area contributed by atoms with Gasteiger partial charge in [0.2, 0.25) is 5.78 Å². The molecule has 0 saturated carbocycles. The second-order valence-corrected chi connectivity index (χ2v) is 7.43. The van der Waals surface area contributed by atoms with Crippen LogP contribution in [0.4, 0.5) is 0 Å². The van der Waals surface area contributed by atoms with Gasteiger partial charge in [0.05, 0.1) is 9.77 Å². The van der Waals surface area contributed by atoms with E-state index in [1.54, 1.807) is 18.2 Å². The zero-order valence-corrected chi connectivity index (χ0v) is 12.3. The van der Waals surface area contributed by atoms with Crippen LogP contribution in [0, 0.1) is 0 Å². The van der Waals surface area contributed by atoms with Crippen molar-refractivity contribution in [3.05, 3.63) is 51.7 Å². The van der Waals surface area contributed by atoms with Crippen molar-refractivity contribution in [3.63, 3.8) is 0 Å². The standard InChI is InChI=1S/C14H14O3S2/c1-3-11-7-8-13(18-11)14(15)10-5-4-6-12(9-10)19(2,16)17/h4-9H,3H2,1-2H3. The number of ketones is 1. The van der Waals surface area contributed by atoms with Crippen LogP contribution in [0.5, 0.6) is 0 Å². The van der Waals surface area contributed by atoms with E-state index in [1.165, 1.54) is 23.5 Å². The molecule has 0 unspecified atom stereocenters. The van der Waals surface area contributed by atoms with Gasteiger partial charge in [-0.1, -0.05) is 19.1 Å². The molecule has 1 aromatic heterocycles. The number of benzene rings is 1. The summed E-state index contributed by atoms with van der Waals surface area (Å²) in [5, 5.41) is 0. The van der Waals surface area contributed by atoms with Crippen molar-refractivity contribution >= 4 is 27.0 Å². The summed E-state index contributed by atoms with van der Waals surface area (Å²) in [5.74, 6) is -0.129. The van der Waals surface area contributed by atoms with Crippen LogP contribution in [0.3, 0.4) is 0 Å². The molecule has 2 rings (SSSR count). The maximum absolute atomic E-state index is 12.3. The van der Waals surface area contributed by atoms with Crippen LogP contribution in [-0.4, -0.2) is 20.5 Å². The number of carbonyl (C=O) groups is 1. The first-order valence-corrected chi connectivity index (χ1v) is 8.56. The third-order valence-corrected chi connectivity index (χ3v) is 5.10. The van der Waals surface area contributed by atoms with E-state index in [0.717, 1.165) is 17.6 Å². The van der Waals surface area contributed by atoms with Crippen LogP contribution in [0.1, 0.15) is 27.0 Å². The average Bonchev–Trinajstić information content (AvgIpc) is 2.86. The summed E-state index contributed by atoms with van der Waals surface area (Å²) >= 11 is 1.45. The van der Waals surface area contributed by atoms with Crippen molar-refractivity contribution in [2.75, 3.05) is 6.26 Å². The van der Waals surface area contributed by atoms with Crippen LogP contribution < -0.4 is 0 Å². The molecular formula is C14H14O3S2. The van der Waals surface area contributed by atoms with E-state index in [1.807, 2.05) is 13.0 Å². The molecule has 1 heterocycles. The van der Waals surface area contributed by atoms with Crippen LogP contribution in [0.15, 0.2) is 41.3 Å². The van der Waals surface area contributed by atoms with E-state index >= 15 is 0 Å². The molecule has 0 saturated heterocycles. The molecule has 0 fully saturated rings. The number of aryl methyl sites for hydroxylation is 1. The zero-order valence-electron chi connectivity index (χ0n) is 10.7. The first-order chi connectivity index (χ1) is 8.91. The summed E-state index contributed by atoms with van der Waals surface area (Å²) < 4.78 is 23.0. The Bertz CT molecular complexity index is 712. The molecule has 0 amide bonds. The minimum atomic E-state index is -3.29. The first-order valence-electron chi connectivity index (χ1n) is 5.85. The van der Waals surface area contributed by atoms with E-state index in [0.29, 0.717) is 10.4 Å². The highest BCUT2D eigenvalue weighted by atomic mass is 32.2. The molecular weight excluding hydrogens is 280 g/mol. The number of carbonyl (C=O) groups excluding carboxylic acids is 1. The summed E-state index contributed by atoms with van der Waals surface area (Å²) in [6.07, 6.45) is 2.03. The molecule has 100 valence electrons. The third-order valence-electron chi connectivity index (χ3n) is 2.76. The van der Waals surface area contributed by atoms with Gasteiger partial charge in [0.1, 0.15) is 0 Å². The topological polar surface area (TPSA) is 51.2 Å². The molecule has 19 heavy (non-hydrogen) atoms. The van der Waals surface area contributed by atoms with E-state index in [4.69, 9.17) is 0 Å². The zero-order chi connectivity index (χ0) is 14.0. The minimum absolute atomic E-state index is 0.129. The second-order valence-electron chi connectivity index (χ2n) is 4.25. The van der Waals surface area contributed by atoms with Gasteiger partial charge in [-0.15, -0.1) is 11.3 Å². The van der Waals surface area contributed by atoms with E-state index in [-0.39, 0.29) is 10.7 Å². The fourth-order valence-corrected chi connectivity index (χ4v) is 3.28. The third kappa shape index (κ3) is 3.11. The predicted molar refractivity (Wildman–Crippen MR) is 76.7 cm³/mol. The molecule has 0 N–H and O–H groups in total. The lowest BCUT2D eigenvalue weighted by molar-refractivity contribution is 0.104. The molecule has 0 spiro atoms. The first kappa shape index (κ1) is 14.0. The Morgan fingerprint density at radius 3 is 2.53 bits per heavy atom. The summed E-state index contributed by atoms with van der Waals surface area (Å²) in [4.78, 5) is 14.2. The highest BCUT2D eigenvalue weighted by Gasteiger charge is 2.14. The van der Waals surface area contributed by atoms with Crippen molar-refractivity contribution in [2.45, 2.75) is 18.2 Å². The van der Waals surface area contributed by atoms with Gasteiger partial charge in [0, 0.05) is 16.7 Å². The van der Waals surface area contributed by atoms with E-state index in [2.05, 4.69) is 0 Å². The maximum Gasteiger partial charge on any atom is 0.202 e. The van der Waals surface area contributed by atoms with Gasteiger partial charge in [-0.2, -0.15) is 0 Å². The summed E-state index contributed by atoms with van der Waals surface area (Å²) in [5.41, 5.74) is 0.410. The van der Waals surface area contributed by atoms with Crippen molar-refractivity contribution < 1.29 is 13.2 Å². The number of hydrogen-bond acceptors (Lipinski definition) is 4. The van der Waals surface area contributed by atoms with Crippen molar-refractivity contribution in [3.8, 4) is 0 Å². The van der Waals surface area contributed by atoms with E-state index < -0.39 is 9.84 Å². The van der Waals surface area contributed by atoms with E-state index in [9.17, 15) is 13.2 Å². The maximum atomic E-state index is 12.3. The number of sulfone groups is 1. The fraction of sp³-hybridized carbons (Fsp3) is 0.214. The van der Waals surface area contributed by atoms with Gasteiger partial charge in [0.25, 0.3) is 0 Å². The molecule has 0 aliphatic carbocycles. The molecule has 0 aliphatic heterocycles. The number of thiophene rings is 1. The van der Waals surface area contributed by atoms with Crippen LogP contribution in [0.25, 0.3) is 0 Å². The lowest BCUT2D eigenvalue weighted by atomic mass is 10.1. The second kappa shape index (κ2) is 5.27. The summed E-state index contributed by atoms with van der Waals surface area (Å²) in [6.45, 7) is 2.03. The van der Waals surface area contributed by atoms with Gasteiger partial charge in [-0.3, -0.25) is 4.79 Å². The Balaban J connectivity index is 2.39. The molecule has 0 atom stereocenters. The molecule has 5 heteroatoms. The molecule has 0 radical (unpaired) electrons. The Labute approximate surface area is 116 Å². The largest absolute Gasteiger partial charge is 0.288 e. The smallest absolute Gasteiger partial charge is 0.202 e. The molecule has 2 aromatic rings. The van der Waals surface area contributed by atoms with Crippen molar-refractivity contribution in [2.24, 2.45) is 0 Å². The summed E-state index contributed by atoms with van der Waals surface area (Å²) in [7, 11) is -3.29. The average molecular weight is 294 g/mol. The molecule has 0 bridgehead atoms. The lowest BCUT2D eigenvalue weighted by Crippen LogP contribution is -2.02. The van der Waals surface area contributed by atoms with Crippen LogP contribution in [-0.2, 0) is 16.3 Å². The normalized spacial score (nSPS) is 11.5. The molecule has 0 aliphatic rings. The predicted octanol–water partition coefficient (Wildman–Crippen LogP) is 2.95. The highest BCUT2D eigenvalue weighted by Crippen LogP contribution is 2.21. The van der Waals surface area contributed by atoms with Gasteiger partial charge in [-0.25, -0.2) is 8.42 Å². The van der Waals surface area contributed by atoms with Gasteiger partial charge < -0.3 is 0 Å². The lowest BCUT2D eigenvalue weighted by Gasteiger charge is -2.02. The monoisotopic (exact) mass is 294 g/mol. The Kier molecular flexibility index (Phi) is 3.87. The van der Waals surface area contributed by atoms with Gasteiger partial charge >= 0.3 is 0 Å². The Hall–Kier alpha value is -1.46. The van der Waals surface area contributed by atoms with Gasteiger partial charge in [-0.05, 0) is 30.7 Å². The fourth-order valence-electron chi connectivity index (χ4n) is 1.70. The summed E-state index contributed by atoms with van der Waals surface area (Å²) in [6, 6.07) is 9.89. The number of rotatable bonds is 4. The molecule has 1 aromatic carbocycles. The number of hydrogen-bond donors (Lipinski definition) is 0. The van der Waals surface area contributed by atoms with Gasteiger partial charge in [0.15, 0.2) is 9.84 Å². The Morgan fingerprint density at radius 2 is 1.95 bits per heavy atom. The van der Waals surface area contributed by atoms with Crippen molar-refractivity contribution in [1.82, 2.24) is 0 Å². The van der Waals surface area contributed by atoms with Crippen LogP contribution >= 0.6 is 11.3 Å². The minimum Gasteiger partial charge on any atom is -0.288 e. The SMILES string of the molecule is CCc1ccc(C(=O)c2cccc(S(C)(=O)=O)c2)s1. The van der Waals surface area contributed by atoms with Crippen LogP contribution in [0.2, 0.25) is 0 Å². The molecule has 3 nitrogen and oxygen atoms in total. The Morgan fingerprint density at radius 1 is 1.21 bits per heavy atom. The van der Waals surface area contributed by atoms with Crippen molar-refractivity contribution in [1.29, 1.82) is 0 Å². The quantitative estimate of drug-likeness (QED) is 0.815.